The Morgan fingerprint density at radius 3 is 2.62 bits per heavy atom. The molecule has 1 aliphatic rings. The molecule has 0 amide bonds. The summed E-state index contributed by atoms with van der Waals surface area (Å²) in [6, 6.07) is 4.10. The van der Waals surface area contributed by atoms with Crippen molar-refractivity contribution in [3.63, 3.8) is 0 Å². The van der Waals surface area contributed by atoms with Gasteiger partial charge in [-0.15, -0.1) is 0 Å². The Kier molecular flexibility index (Phi) is 4.44. The number of aromatic amines is 1. The van der Waals surface area contributed by atoms with Crippen molar-refractivity contribution in [2.75, 3.05) is 41.7 Å². The molecular formula is C18H22BrN7. The molecule has 2 aromatic heterocycles. The Balaban J connectivity index is 1.59. The van der Waals surface area contributed by atoms with Crippen LogP contribution in [0.4, 0.5) is 17.2 Å². The van der Waals surface area contributed by atoms with E-state index in [1.807, 2.05) is 6.07 Å². The number of anilines is 3. The first-order valence-electron chi connectivity index (χ1n) is 8.82. The highest BCUT2D eigenvalue weighted by atomic mass is 79.9. The Bertz CT molecular complexity index is 944. The molecule has 1 fully saturated rings. The number of nitrogens with zero attached hydrogens (tertiary/aromatic N) is 5. The van der Waals surface area contributed by atoms with Gasteiger partial charge in [-0.3, -0.25) is 5.10 Å². The van der Waals surface area contributed by atoms with Crippen molar-refractivity contribution in [3.8, 4) is 0 Å². The van der Waals surface area contributed by atoms with Gasteiger partial charge in [0.05, 0.1) is 5.39 Å². The third kappa shape index (κ3) is 2.88. The van der Waals surface area contributed by atoms with Crippen LogP contribution in [0.3, 0.4) is 0 Å². The van der Waals surface area contributed by atoms with Gasteiger partial charge in [0.2, 0.25) is 0 Å². The molecule has 1 saturated heterocycles. The van der Waals surface area contributed by atoms with Crippen LogP contribution in [-0.4, -0.2) is 46.3 Å². The second-order valence-corrected chi connectivity index (χ2v) is 7.48. The highest BCUT2D eigenvalue weighted by Gasteiger charge is 2.23. The largest absolute Gasteiger partial charge is 0.398 e. The lowest BCUT2D eigenvalue weighted by molar-refractivity contribution is 0.647. The molecule has 1 aromatic carbocycles. The summed E-state index contributed by atoms with van der Waals surface area (Å²) >= 11 is 3.56. The predicted octanol–water partition coefficient (Wildman–Crippen LogP) is 2.90. The van der Waals surface area contributed by atoms with Crippen molar-refractivity contribution in [1.29, 1.82) is 0 Å². The first-order valence-corrected chi connectivity index (χ1v) is 9.61. The van der Waals surface area contributed by atoms with Crippen LogP contribution in [0.1, 0.15) is 18.2 Å². The van der Waals surface area contributed by atoms with E-state index in [4.69, 9.17) is 5.73 Å². The number of hydrogen-bond donors (Lipinski definition) is 2. The SMILES string of the molecule is CCc1[nH]nc2ncnc(N3CCN(c4cc(Br)cc(N)c4C)CC3)c12. The van der Waals surface area contributed by atoms with Gasteiger partial charge < -0.3 is 15.5 Å². The monoisotopic (exact) mass is 415 g/mol. The van der Waals surface area contributed by atoms with E-state index in [0.717, 1.165) is 70.9 Å². The fourth-order valence-corrected chi connectivity index (χ4v) is 4.03. The quantitative estimate of drug-likeness (QED) is 0.639. The molecule has 7 nitrogen and oxygen atoms in total. The molecule has 1 aliphatic heterocycles. The van der Waals surface area contributed by atoms with E-state index < -0.39 is 0 Å². The minimum atomic E-state index is 0.741. The molecular weight excluding hydrogens is 394 g/mol. The van der Waals surface area contributed by atoms with Crippen LogP contribution in [0.15, 0.2) is 22.9 Å². The maximum absolute atomic E-state index is 6.13. The average Bonchev–Trinajstić information content (AvgIpc) is 3.08. The summed E-state index contributed by atoms with van der Waals surface area (Å²) in [4.78, 5) is 13.6. The molecule has 0 spiro atoms. The van der Waals surface area contributed by atoms with Crippen LogP contribution in [-0.2, 0) is 6.42 Å². The third-order valence-electron chi connectivity index (χ3n) is 5.06. The number of fused-ring (bicyclic) bond motifs is 1. The van der Waals surface area contributed by atoms with Crippen LogP contribution >= 0.6 is 15.9 Å². The Morgan fingerprint density at radius 1 is 1.15 bits per heavy atom. The smallest absolute Gasteiger partial charge is 0.186 e. The zero-order chi connectivity index (χ0) is 18.3. The number of H-pyrrole nitrogens is 1. The summed E-state index contributed by atoms with van der Waals surface area (Å²) in [5.74, 6) is 0.978. The summed E-state index contributed by atoms with van der Waals surface area (Å²) in [5, 5.41) is 8.44. The topological polar surface area (TPSA) is 87.0 Å². The lowest BCUT2D eigenvalue weighted by Gasteiger charge is -2.37. The molecule has 0 unspecified atom stereocenters. The van der Waals surface area contributed by atoms with Crippen molar-refractivity contribution in [2.24, 2.45) is 0 Å². The fraction of sp³-hybridized carbons (Fsp3) is 0.389. The minimum absolute atomic E-state index is 0.741. The van der Waals surface area contributed by atoms with E-state index in [-0.39, 0.29) is 0 Å². The number of piperazine rings is 1. The summed E-state index contributed by atoms with van der Waals surface area (Å²) in [7, 11) is 0. The highest BCUT2D eigenvalue weighted by molar-refractivity contribution is 9.10. The van der Waals surface area contributed by atoms with Crippen molar-refractivity contribution in [1.82, 2.24) is 20.2 Å². The number of halogens is 1. The second-order valence-electron chi connectivity index (χ2n) is 6.56. The van der Waals surface area contributed by atoms with Crippen molar-refractivity contribution in [2.45, 2.75) is 20.3 Å². The minimum Gasteiger partial charge on any atom is -0.398 e. The van der Waals surface area contributed by atoms with Crippen LogP contribution in [0, 0.1) is 6.92 Å². The standard InChI is InChI=1S/C18H22BrN7/c1-3-14-16-17(24-23-14)21-10-22-18(16)26-6-4-25(5-7-26)15-9-12(19)8-13(20)11(15)2/h8-10H,3-7,20H2,1-2H3,(H,21,22,23,24). The highest BCUT2D eigenvalue weighted by Crippen LogP contribution is 2.32. The molecule has 3 heterocycles. The van der Waals surface area contributed by atoms with Crippen molar-refractivity contribution < 1.29 is 0 Å². The molecule has 26 heavy (non-hydrogen) atoms. The van der Waals surface area contributed by atoms with E-state index in [1.165, 1.54) is 5.69 Å². The van der Waals surface area contributed by atoms with Gasteiger partial charge in [0.15, 0.2) is 5.65 Å². The molecule has 3 N–H and O–H groups in total. The van der Waals surface area contributed by atoms with Gasteiger partial charge in [-0.1, -0.05) is 22.9 Å². The molecule has 3 aromatic rings. The molecule has 0 aliphatic carbocycles. The fourth-order valence-electron chi connectivity index (χ4n) is 3.57. The van der Waals surface area contributed by atoms with E-state index in [1.54, 1.807) is 6.33 Å². The number of rotatable bonds is 3. The number of aromatic nitrogens is 4. The van der Waals surface area contributed by atoms with Crippen molar-refractivity contribution >= 4 is 44.2 Å². The maximum atomic E-state index is 6.13. The average molecular weight is 416 g/mol. The number of hydrogen-bond acceptors (Lipinski definition) is 6. The van der Waals surface area contributed by atoms with Crippen LogP contribution in [0.25, 0.3) is 11.0 Å². The van der Waals surface area contributed by atoms with Gasteiger partial charge in [0, 0.05) is 47.7 Å². The summed E-state index contributed by atoms with van der Waals surface area (Å²) in [6.07, 6.45) is 2.48. The Hall–Kier alpha value is -2.35. The molecule has 0 bridgehead atoms. The number of nitrogen functional groups attached to an aromatic ring is 1. The summed E-state index contributed by atoms with van der Waals surface area (Å²) < 4.78 is 1.02. The van der Waals surface area contributed by atoms with Gasteiger partial charge >= 0.3 is 0 Å². The Labute approximate surface area is 160 Å². The van der Waals surface area contributed by atoms with Crippen LogP contribution in [0.2, 0.25) is 0 Å². The van der Waals surface area contributed by atoms with Crippen LogP contribution in [0.5, 0.6) is 0 Å². The lowest BCUT2D eigenvalue weighted by atomic mass is 10.1. The maximum Gasteiger partial charge on any atom is 0.186 e. The zero-order valence-electron chi connectivity index (χ0n) is 15.0. The number of nitrogens with one attached hydrogen (secondary N) is 1. The van der Waals surface area contributed by atoms with E-state index >= 15 is 0 Å². The molecule has 4 rings (SSSR count). The summed E-state index contributed by atoms with van der Waals surface area (Å²) in [5.41, 5.74) is 11.1. The molecule has 8 heteroatoms. The number of aryl methyl sites for hydroxylation is 1. The normalized spacial score (nSPS) is 15.0. The second kappa shape index (κ2) is 6.75. The Morgan fingerprint density at radius 2 is 1.88 bits per heavy atom. The van der Waals surface area contributed by atoms with E-state index in [0.29, 0.717) is 0 Å². The number of nitrogens with two attached hydrogens (primary N) is 1. The van der Waals surface area contributed by atoms with Crippen molar-refractivity contribution in [3.05, 3.63) is 34.2 Å². The van der Waals surface area contributed by atoms with Gasteiger partial charge in [0.25, 0.3) is 0 Å². The summed E-state index contributed by atoms with van der Waals surface area (Å²) in [6.45, 7) is 7.82. The van der Waals surface area contributed by atoms with E-state index in [2.05, 4.69) is 65.8 Å². The number of benzene rings is 1. The molecule has 136 valence electrons. The van der Waals surface area contributed by atoms with Gasteiger partial charge in [0.1, 0.15) is 12.1 Å². The first kappa shape index (κ1) is 17.1. The van der Waals surface area contributed by atoms with E-state index in [9.17, 15) is 0 Å². The predicted molar refractivity (Wildman–Crippen MR) is 109 cm³/mol. The lowest BCUT2D eigenvalue weighted by Crippen LogP contribution is -2.47. The van der Waals surface area contributed by atoms with Crippen LogP contribution < -0.4 is 15.5 Å². The molecule has 0 radical (unpaired) electrons. The molecule has 0 atom stereocenters. The zero-order valence-corrected chi connectivity index (χ0v) is 16.5. The molecule has 0 saturated carbocycles. The van der Waals surface area contributed by atoms with Gasteiger partial charge in [-0.2, -0.15) is 5.10 Å². The van der Waals surface area contributed by atoms with Gasteiger partial charge in [-0.25, -0.2) is 9.97 Å². The first-order chi connectivity index (χ1) is 12.6. The third-order valence-corrected chi connectivity index (χ3v) is 5.52. The van der Waals surface area contributed by atoms with Gasteiger partial charge in [-0.05, 0) is 31.0 Å².